The molecule has 3 aromatic carbocycles. The molecule has 2 N–H and O–H groups in total. The molecule has 0 spiro atoms. The van der Waals surface area contributed by atoms with Gasteiger partial charge in [0.25, 0.3) is 11.8 Å². The molecule has 4 aromatic rings. The summed E-state index contributed by atoms with van der Waals surface area (Å²) in [5.74, 6) is 0.246. The second kappa shape index (κ2) is 11.5. The molecule has 0 unspecified atom stereocenters. The minimum Gasteiger partial charge on any atom is -0.349 e. The van der Waals surface area contributed by atoms with Crippen LogP contribution in [0.2, 0.25) is 5.02 Å². The number of halogens is 1. The van der Waals surface area contributed by atoms with Crippen LogP contribution in [0.5, 0.6) is 0 Å². The van der Waals surface area contributed by atoms with Crippen LogP contribution >= 0.6 is 34.7 Å². The van der Waals surface area contributed by atoms with Crippen molar-refractivity contribution in [3.63, 3.8) is 0 Å². The number of benzene rings is 3. The molecule has 0 saturated heterocycles. The Labute approximate surface area is 223 Å². The first-order chi connectivity index (χ1) is 17.6. The molecule has 1 fully saturated rings. The molecule has 1 aliphatic rings. The van der Waals surface area contributed by atoms with Crippen molar-refractivity contribution in [3.8, 4) is 0 Å². The van der Waals surface area contributed by atoms with Crippen molar-refractivity contribution in [1.82, 2.24) is 10.3 Å². The summed E-state index contributed by atoms with van der Waals surface area (Å²) in [7, 11) is 0. The number of fused-ring (bicyclic) bond motifs is 1. The third kappa shape index (κ3) is 5.91. The van der Waals surface area contributed by atoms with Crippen molar-refractivity contribution < 1.29 is 9.59 Å². The van der Waals surface area contributed by atoms with E-state index in [0.717, 1.165) is 56.6 Å². The second-order valence-electron chi connectivity index (χ2n) is 8.85. The van der Waals surface area contributed by atoms with Gasteiger partial charge in [-0.2, -0.15) is 0 Å². The number of carbonyl (C=O) groups excluding carboxylic acids is 2. The van der Waals surface area contributed by atoms with E-state index in [-0.39, 0.29) is 17.9 Å². The molecule has 5 rings (SSSR count). The summed E-state index contributed by atoms with van der Waals surface area (Å²) in [6.07, 6.45) is 5.47. The number of hydrogen-bond donors (Lipinski definition) is 2. The largest absolute Gasteiger partial charge is 0.349 e. The summed E-state index contributed by atoms with van der Waals surface area (Å²) in [5, 5.41) is 6.83. The van der Waals surface area contributed by atoms with Crippen molar-refractivity contribution in [2.45, 2.75) is 48.2 Å². The fourth-order valence-electron chi connectivity index (χ4n) is 4.39. The summed E-state index contributed by atoms with van der Waals surface area (Å²) in [5.41, 5.74) is 3.39. The van der Waals surface area contributed by atoms with Gasteiger partial charge in [-0.1, -0.05) is 73.0 Å². The number of rotatable bonds is 7. The summed E-state index contributed by atoms with van der Waals surface area (Å²) in [4.78, 5) is 30.8. The lowest BCUT2D eigenvalue weighted by molar-refractivity contribution is 0.0917. The number of amides is 2. The van der Waals surface area contributed by atoms with Gasteiger partial charge >= 0.3 is 0 Å². The molecule has 0 aliphatic heterocycles. The molecule has 5 nitrogen and oxygen atoms in total. The van der Waals surface area contributed by atoms with E-state index >= 15 is 0 Å². The normalized spacial score (nSPS) is 14.0. The van der Waals surface area contributed by atoms with Crippen molar-refractivity contribution in [2.24, 2.45) is 0 Å². The van der Waals surface area contributed by atoms with Gasteiger partial charge in [-0.15, -0.1) is 11.3 Å². The Morgan fingerprint density at radius 3 is 2.44 bits per heavy atom. The van der Waals surface area contributed by atoms with Crippen LogP contribution in [0.15, 0.2) is 71.1 Å². The molecule has 0 bridgehead atoms. The van der Waals surface area contributed by atoms with Gasteiger partial charge in [0, 0.05) is 22.5 Å². The Morgan fingerprint density at radius 2 is 1.67 bits per heavy atom. The molecule has 184 valence electrons. The molecular formula is C28H26ClN3O2S2. The van der Waals surface area contributed by atoms with Gasteiger partial charge in [0.2, 0.25) is 0 Å². The number of carbonyl (C=O) groups is 2. The third-order valence-electron chi connectivity index (χ3n) is 6.29. The van der Waals surface area contributed by atoms with Crippen molar-refractivity contribution in [3.05, 3.63) is 88.4 Å². The van der Waals surface area contributed by atoms with Gasteiger partial charge in [-0.25, -0.2) is 4.98 Å². The third-order valence-corrected chi connectivity index (χ3v) is 8.87. The molecule has 1 aromatic heterocycles. The van der Waals surface area contributed by atoms with Crippen LogP contribution in [-0.2, 0) is 5.75 Å². The Hall–Kier alpha value is -2.87. The van der Waals surface area contributed by atoms with E-state index in [2.05, 4.69) is 10.6 Å². The van der Waals surface area contributed by atoms with E-state index in [1.54, 1.807) is 47.4 Å². The highest BCUT2D eigenvalue weighted by atomic mass is 35.5. The highest BCUT2D eigenvalue weighted by Crippen LogP contribution is 2.34. The molecular weight excluding hydrogens is 510 g/mol. The molecule has 1 saturated carbocycles. The Bertz CT molecular complexity index is 1400. The number of hydrogen-bond acceptors (Lipinski definition) is 5. The second-order valence-corrected chi connectivity index (χ2v) is 11.5. The SMILES string of the molecule is O=C(Nc1ccc2nc(SCc3ccccc3Cl)sc2c1)c1ccccc1C(=O)NC1CCCCC1. The highest BCUT2D eigenvalue weighted by molar-refractivity contribution is 8.00. The minimum atomic E-state index is -0.304. The first-order valence-electron chi connectivity index (χ1n) is 12.0. The van der Waals surface area contributed by atoms with Crippen LogP contribution in [0.25, 0.3) is 10.2 Å². The zero-order chi connectivity index (χ0) is 24.9. The number of anilines is 1. The van der Waals surface area contributed by atoms with Crippen LogP contribution in [0.3, 0.4) is 0 Å². The van der Waals surface area contributed by atoms with E-state index in [0.29, 0.717) is 16.8 Å². The van der Waals surface area contributed by atoms with E-state index in [4.69, 9.17) is 16.6 Å². The average Bonchev–Trinajstić information content (AvgIpc) is 3.31. The molecule has 0 atom stereocenters. The quantitative estimate of drug-likeness (QED) is 0.239. The van der Waals surface area contributed by atoms with E-state index in [1.807, 2.05) is 42.5 Å². The molecule has 1 aliphatic carbocycles. The molecule has 36 heavy (non-hydrogen) atoms. The van der Waals surface area contributed by atoms with Crippen molar-refractivity contribution in [1.29, 1.82) is 0 Å². The van der Waals surface area contributed by atoms with Gasteiger partial charge in [0.05, 0.1) is 21.3 Å². The summed E-state index contributed by atoms with van der Waals surface area (Å²) >= 11 is 9.49. The predicted molar refractivity (Wildman–Crippen MR) is 149 cm³/mol. The van der Waals surface area contributed by atoms with Crippen LogP contribution < -0.4 is 10.6 Å². The maximum Gasteiger partial charge on any atom is 0.256 e. The number of thiazole rings is 1. The predicted octanol–water partition coefficient (Wildman–Crippen LogP) is 7.56. The summed E-state index contributed by atoms with van der Waals surface area (Å²) in [6, 6.07) is 20.6. The standard InChI is InChI=1S/C28H26ClN3O2S2/c29-23-13-7-4-8-18(23)17-35-28-32-24-15-14-20(16-25(24)36-28)31-27(34)22-12-6-5-11-21(22)26(33)30-19-9-2-1-3-10-19/h4-8,11-16,19H,1-3,9-10,17H2,(H,30,33)(H,31,34). The number of nitrogens with zero attached hydrogens (tertiary/aromatic N) is 1. The van der Waals surface area contributed by atoms with Gasteiger partial charge in [-0.3, -0.25) is 9.59 Å². The lowest BCUT2D eigenvalue weighted by Gasteiger charge is -2.23. The topological polar surface area (TPSA) is 71.1 Å². The Morgan fingerprint density at radius 1 is 0.944 bits per heavy atom. The first kappa shape index (κ1) is 24.8. The maximum atomic E-state index is 13.1. The van der Waals surface area contributed by atoms with Gasteiger partial charge in [0.15, 0.2) is 4.34 Å². The van der Waals surface area contributed by atoms with Crippen LogP contribution in [0.4, 0.5) is 5.69 Å². The zero-order valence-electron chi connectivity index (χ0n) is 19.6. The smallest absolute Gasteiger partial charge is 0.256 e. The highest BCUT2D eigenvalue weighted by Gasteiger charge is 2.21. The lowest BCUT2D eigenvalue weighted by atomic mass is 9.95. The van der Waals surface area contributed by atoms with Crippen LogP contribution in [0, 0.1) is 0 Å². The van der Waals surface area contributed by atoms with Crippen molar-refractivity contribution >= 4 is 62.4 Å². The van der Waals surface area contributed by atoms with Crippen molar-refractivity contribution in [2.75, 3.05) is 5.32 Å². The molecule has 2 amide bonds. The minimum absolute atomic E-state index is 0.182. The molecule has 0 radical (unpaired) electrons. The Balaban J connectivity index is 1.27. The number of thioether (sulfide) groups is 1. The molecule has 1 heterocycles. The fraction of sp³-hybridized carbons (Fsp3) is 0.250. The van der Waals surface area contributed by atoms with Gasteiger partial charge in [-0.05, 0) is 54.8 Å². The zero-order valence-corrected chi connectivity index (χ0v) is 22.0. The maximum absolute atomic E-state index is 13.1. The molecule has 8 heteroatoms. The van der Waals surface area contributed by atoms with E-state index in [1.165, 1.54) is 6.42 Å². The Kier molecular flexibility index (Phi) is 7.90. The average molecular weight is 536 g/mol. The first-order valence-corrected chi connectivity index (χ1v) is 14.2. The van der Waals surface area contributed by atoms with E-state index < -0.39 is 0 Å². The van der Waals surface area contributed by atoms with Gasteiger partial charge < -0.3 is 10.6 Å². The van der Waals surface area contributed by atoms with Crippen LogP contribution in [-0.4, -0.2) is 22.8 Å². The summed E-state index contributed by atoms with van der Waals surface area (Å²) < 4.78 is 1.93. The van der Waals surface area contributed by atoms with Gasteiger partial charge in [0.1, 0.15) is 0 Å². The lowest BCUT2D eigenvalue weighted by Crippen LogP contribution is -2.37. The number of nitrogens with one attached hydrogen (secondary N) is 2. The monoisotopic (exact) mass is 535 g/mol. The van der Waals surface area contributed by atoms with Crippen LogP contribution in [0.1, 0.15) is 58.4 Å². The fourth-order valence-corrected chi connectivity index (χ4v) is 6.78. The summed E-state index contributed by atoms with van der Waals surface area (Å²) in [6.45, 7) is 0. The van der Waals surface area contributed by atoms with E-state index in [9.17, 15) is 9.59 Å². The number of aromatic nitrogens is 1.